The molecule has 0 N–H and O–H groups in total. The molecule has 0 heterocycles. The second kappa shape index (κ2) is 5.79. The van der Waals surface area contributed by atoms with Crippen molar-refractivity contribution in [3.8, 4) is 22.6 Å². The number of hydrogen-bond donors (Lipinski definition) is 0. The van der Waals surface area contributed by atoms with Gasteiger partial charge in [0.1, 0.15) is 11.5 Å². The Labute approximate surface area is 115 Å². The molecule has 0 fully saturated rings. The number of hydrogen-bond acceptors (Lipinski definition) is 2. The molecule has 0 saturated carbocycles. The van der Waals surface area contributed by atoms with Gasteiger partial charge in [-0.3, -0.25) is 0 Å². The molecular weight excluding hydrogens is 236 g/mol. The highest BCUT2D eigenvalue weighted by molar-refractivity contribution is 5.72. The van der Waals surface area contributed by atoms with E-state index in [-0.39, 0.29) is 0 Å². The van der Waals surface area contributed by atoms with Crippen LogP contribution in [0.5, 0.6) is 11.5 Å². The maximum absolute atomic E-state index is 5.47. The zero-order valence-electron chi connectivity index (χ0n) is 11.9. The number of benzene rings is 2. The van der Waals surface area contributed by atoms with Crippen molar-refractivity contribution in [3.63, 3.8) is 0 Å². The summed E-state index contributed by atoms with van der Waals surface area (Å²) in [6.45, 7) is 4.38. The summed E-state index contributed by atoms with van der Waals surface area (Å²) in [7, 11) is 3.38. The van der Waals surface area contributed by atoms with E-state index in [1.54, 1.807) is 14.2 Å². The Balaban J connectivity index is 2.54. The van der Waals surface area contributed by atoms with E-state index in [2.05, 4.69) is 32.0 Å². The fourth-order valence-electron chi connectivity index (χ4n) is 2.10. The number of methoxy groups -OCH3 is 2. The van der Waals surface area contributed by atoms with E-state index in [0.717, 1.165) is 22.6 Å². The van der Waals surface area contributed by atoms with Crippen LogP contribution in [0.1, 0.15) is 25.3 Å². The molecule has 0 radical (unpaired) electrons. The van der Waals surface area contributed by atoms with Gasteiger partial charge in [0.05, 0.1) is 14.2 Å². The molecule has 100 valence electrons. The maximum atomic E-state index is 5.47. The van der Waals surface area contributed by atoms with Gasteiger partial charge in [-0.1, -0.05) is 32.0 Å². The van der Waals surface area contributed by atoms with Crippen molar-refractivity contribution in [2.75, 3.05) is 14.2 Å². The monoisotopic (exact) mass is 256 g/mol. The molecule has 0 atom stereocenters. The van der Waals surface area contributed by atoms with Crippen LogP contribution >= 0.6 is 0 Å². The van der Waals surface area contributed by atoms with Crippen LogP contribution in [0.15, 0.2) is 42.5 Å². The van der Waals surface area contributed by atoms with Gasteiger partial charge in [0.2, 0.25) is 0 Å². The van der Waals surface area contributed by atoms with Crippen molar-refractivity contribution in [2.45, 2.75) is 19.8 Å². The summed E-state index contributed by atoms with van der Waals surface area (Å²) in [6, 6.07) is 14.4. The van der Waals surface area contributed by atoms with Crippen LogP contribution in [0.25, 0.3) is 11.1 Å². The summed E-state index contributed by atoms with van der Waals surface area (Å²) in [6.07, 6.45) is 0. The van der Waals surface area contributed by atoms with Crippen molar-refractivity contribution in [2.24, 2.45) is 0 Å². The van der Waals surface area contributed by atoms with Crippen molar-refractivity contribution in [1.29, 1.82) is 0 Å². The van der Waals surface area contributed by atoms with Crippen LogP contribution in [-0.4, -0.2) is 14.2 Å². The lowest BCUT2D eigenvalue weighted by molar-refractivity contribution is 0.413. The molecule has 0 bridgehead atoms. The molecule has 0 spiro atoms. The highest BCUT2D eigenvalue weighted by atomic mass is 16.5. The van der Waals surface area contributed by atoms with Gasteiger partial charge in [0.25, 0.3) is 0 Å². The van der Waals surface area contributed by atoms with Crippen LogP contribution in [-0.2, 0) is 0 Å². The summed E-state index contributed by atoms with van der Waals surface area (Å²) < 4.78 is 10.8. The zero-order chi connectivity index (χ0) is 13.8. The minimum atomic E-state index is 0.496. The largest absolute Gasteiger partial charge is 0.497 e. The van der Waals surface area contributed by atoms with E-state index in [1.165, 1.54) is 5.56 Å². The average molecular weight is 256 g/mol. The summed E-state index contributed by atoms with van der Waals surface area (Å²) >= 11 is 0. The summed E-state index contributed by atoms with van der Waals surface area (Å²) in [5.41, 5.74) is 3.52. The highest BCUT2D eigenvalue weighted by Gasteiger charge is 2.09. The fourth-order valence-corrected chi connectivity index (χ4v) is 2.10. The molecule has 2 aromatic rings. The third-order valence-corrected chi connectivity index (χ3v) is 3.27. The van der Waals surface area contributed by atoms with Crippen LogP contribution in [0.4, 0.5) is 0 Å². The second-order valence-corrected chi connectivity index (χ2v) is 4.85. The molecule has 0 amide bonds. The molecule has 2 aromatic carbocycles. The number of rotatable bonds is 4. The Morgan fingerprint density at radius 1 is 0.895 bits per heavy atom. The van der Waals surface area contributed by atoms with E-state index in [1.807, 2.05) is 24.3 Å². The molecule has 0 saturated heterocycles. The Morgan fingerprint density at radius 2 is 1.68 bits per heavy atom. The smallest absolute Gasteiger partial charge is 0.126 e. The van der Waals surface area contributed by atoms with Gasteiger partial charge >= 0.3 is 0 Å². The number of ether oxygens (including phenoxy) is 2. The molecule has 0 aliphatic heterocycles. The quantitative estimate of drug-likeness (QED) is 0.802. The topological polar surface area (TPSA) is 18.5 Å². The third kappa shape index (κ3) is 2.90. The lowest BCUT2D eigenvalue weighted by Gasteiger charge is -2.13. The summed E-state index contributed by atoms with van der Waals surface area (Å²) in [5, 5.41) is 0. The summed E-state index contributed by atoms with van der Waals surface area (Å²) in [5.74, 6) is 2.24. The third-order valence-electron chi connectivity index (χ3n) is 3.27. The SMILES string of the molecule is COc1cccc(-c2cc(C(C)C)ccc2OC)c1. The van der Waals surface area contributed by atoms with Gasteiger partial charge in [-0.05, 0) is 41.3 Å². The van der Waals surface area contributed by atoms with Crippen molar-refractivity contribution in [1.82, 2.24) is 0 Å². The first-order chi connectivity index (χ1) is 9.15. The highest BCUT2D eigenvalue weighted by Crippen LogP contribution is 2.34. The first-order valence-corrected chi connectivity index (χ1v) is 6.48. The van der Waals surface area contributed by atoms with Gasteiger partial charge in [0, 0.05) is 5.56 Å². The lowest BCUT2D eigenvalue weighted by atomic mass is 9.96. The molecule has 2 rings (SSSR count). The van der Waals surface area contributed by atoms with E-state index in [9.17, 15) is 0 Å². The van der Waals surface area contributed by atoms with Gasteiger partial charge in [-0.15, -0.1) is 0 Å². The van der Waals surface area contributed by atoms with Crippen LogP contribution < -0.4 is 9.47 Å². The molecule has 0 aromatic heterocycles. The first-order valence-electron chi connectivity index (χ1n) is 6.48. The van der Waals surface area contributed by atoms with Gasteiger partial charge in [0.15, 0.2) is 0 Å². The predicted molar refractivity (Wildman–Crippen MR) is 79.1 cm³/mol. The molecule has 2 nitrogen and oxygen atoms in total. The molecule has 2 heteroatoms. The predicted octanol–water partition coefficient (Wildman–Crippen LogP) is 4.49. The van der Waals surface area contributed by atoms with E-state index in [4.69, 9.17) is 9.47 Å². The van der Waals surface area contributed by atoms with Gasteiger partial charge < -0.3 is 9.47 Å². The van der Waals surface area contributed by atoms with E-state index in [0.29, 0.717) is 5.92 Å². The minimum Gasteiger partial charge on any atom is -0.497 e. The lowest BCUT2D eigenvalue weighted by Crippen LogP contribution is -1.93. The van der Waals surface area contributed by atoms with Crippen molar-refractivity contribution in [3.05, 3.63) is 48.0 Å². The fraction of sp³-hybridized carbons (Fsp3) is 0.294. The Kier molecular flexibility index (Phi) is 4.10. The standard InChI is InChI=1S/C17H20O2/c1-12(2)13-8-9-17(19-4)16(11-13)14-6-5-7-15(10-14)18-3/h5-12H,1-4H3. The van der Waals surface area contributed by atoms with Crippen LogP contribution in [0, 0.1) is 0 Å². The molecule has 0 unspecified atom stereocenters. The first kappa shape index (κ1) is 13.5. The normalized spacial score (nSPS) is 10.6. The molecular formula is C17H20O2. The van der Waals surface area contributed by atoms with Crippen LogP contribution in [0.2, 0.25) is 0 Å². The Hall–Kier alpha value is -1.96. The van der Waals surface area contributed by atoms with Crippen molar-refractivity contribution >= 4 is 0 Å². The van der Waals surface area contributed by atoms with Crippen LogP contribution in [0.3, 0.4) is 0 Å². The maximum Gasteiger partial charge on any atom is 0.126 e. The van der Waals surface area contributed by atoms with E-state index < -0.39 is 0 Å². The van der Waals surface area contributed by atoms with Crippen molar-refractivity contribution < 1.29 is 9.47 Å². The van der Waals surface area contributed by atoms with Gasteiger partial charge in [-0.2, -0.15) is 0 Å². The average Bonchev–Trinajstić information content (AvgIpc) is 2.46. The molecule has 0 aliphatic rings. The molecule has 19 heavy (non-hydrogen) atoms. The Morgan fingerprint density at radius 3 is 2.32 bits per heavy atom. The Bertz CT molecular complexity index is 559. The second-order valence-electron chi connectivity index (χ2n) is 4.85. The minimum absolute atomic E-state index is 0.496. The zero-order valence-corrected chi connectivity index (χ0v) is 11.9. The summed E-state index contributed by atoms with van der Waals surface area (Å²) in [4.78, 5) is 0. The molecule has 0 aliphatic carbocycles. The van der Waals surface area contributed by atoms with Gasteiger partial charge in [-0.25, -0.2) is 0 Å². The van der Waals surface area contributed by atoms with E-state index >= 15 is 0 Å².